The molecule has 1 rings (SSSR count). The molecule has 0 aromatic rings. The van der Waals surface area contributed by atoms with Crippen LogP contribution in [0, 0.1) is 0 Å². The van der Waals surface area contributed by atoms with Gasteiger partial charge in [-0.2, -0.15) is 0 Å². The zero-order valence-corrected chi connectivity index (χ0v) is 13.2. The first-order valence-corrected chi connectivity index (χ1v) is 8.11. The molecule has 8 nitrogen and oxygen atoms in total. The smallest absolute Gasteiger partial charge is 0.303 e. The van der Waals surface area contributed by atoms with Crippen LogP contribution in [0.2, 0.25) is 0 Å². The summed E-state index contributed by atoms with van der Waals surface area (Å²) >= 11 is 0. The third kappa shape index (κ3) is 7.11. The van der Waals surface area contributed by atoms with Crippen molar-refractivity contribution in [1.29, 1.82) is 0 Å². The van der Waals surface area contributed by atoms with Gasteiger partial charge in [0.25, 0.3) is 0 Å². The number of aliphatic hydroxyl groups is 4. The Kier molecular flexibility index (Phi) is 9.61. The summed E-state index contributed by atoms with van der Waals surface area (Å²) in [5, 5.41) is 46.6. The Balaban J connectivity index is 2.09. The quantitative estimate of drug-likeness (QED) is 0.322. The Morgan fingerprint density at radius 1 is 0.913 bits per heavy atom. The Morgan fingerprint density at radius 3 is 2.13 bits per heavy atom. The van der Waals surface area contributed by atoms with Gasteiger partial charge >= 0.3 is 5.97 Å². The third-order valence-electron chi connectivity index (χ3n) is 3.92. The zero-order chi connectivity index (χ0) is 17.2. The van der Waals surface area contributed by atoms with Crippen molar-refractivity contribution < 1.29 is 39.8 Å². The van der Waals surface area contributed by atoms with Crippen LogP contribution in [0.1, 0.15) is 44.9 Å². The van der Waals surface area contributed by atoms with E-state index in [0.29, 0.717) is 13.0 Å². The molecule has 1 heterocycles. The minimum Gasteiger partial charge on any atom is -0.481 e. The van der Waals surface area contributed by atoms with Gasteiger partial charge in [0.05, 0.1) is 6.61 Å². The maximum atomic E-state index is 10.3. The minimum absolute atomic E-state index is 0.209. The topological polar surface area (TPSA) is 137 Å². The van der Waals surface area contributed by atoms with Crippen molar-refractivity contribution >= 4 is 5.97 Å². The molecule has 1 saturated heterocycles. The molecule has 0 spiro atoms. The first kappa shape index (κ1) is 20.3. The highest BCUT2D eigenvalue weighted by Gasteiger charge is 2.43. The molecule has 1 unspecified atom stereocenters. The first-order chi connectivity index (χ1) is 11.0. The number of unbranched alkanes of at least 4 members (excludes halogenated alkanes) is 5. The number of ether oxygens (including phenoxy) is 2. The maximum Gasteiger partial charge on any atom is 0.303 e. The van der Waals surface area contributed by atoms with Gasteiger partial charge < -0.3 is 35.0 Å². The van der Waals surface area contributed by atoms with E-state index in [-0.39, 0.29) is 6.42 Å². The molecule has 5 atom stereocenters. The minimum atomic E-state index is -1.42. The summed E-state index contributed by atoms with van der Waals surface area (Å²) in [4.78, 5) is 10.3. The van der Waals surface area contributed by atoms with Gasteiger partial charge in [0.15, 0.2) is 6.29 Å². The predicted molar refractivity (Wildman–Crippen MR) is 79.7 cm³/mol. The van der Waals surface area contributed by atoms with E-state index in [1.165, 1.54) is 0 Å². The number of aliphatic hydroxyl groups excluding tert-OH is 4. The molecule has 23 heavy (non-hydrogen) atoms. The van der Waals surface area contributed by atoms with Gasteiger partial charge in [-0.1, -0.05) is 25.7 Å². The second-order valence-corrected chi connectivity index (χ2v) is 5.83. The molecule has 0 bridgehead atoms. The molecule has 0 saturated carbocycles. The predicted octanol–water partition coefficient (Wildman–Crippen LogP) is -0.382. The van der Waals surface area contributed by atoms with Gasteiger partial charge in [0, 0.05) is 13.0 Å². The fraction of sp³-hybridized carbons (Fsp3) is 0.933. The Hall–Kier alpha value is -0.770. The Bertz CT molecular complexity index is 335. The molecule has 1 aliphatic heterocycles. The second kappa shape index (κ2) is 10.9. The summed E-state index contributed by atoms with van der Waals surface area (Å²) in [6.45, 7) is -0.140. The standard InChI is InChI=1S/C15H28O8/c16-9-10-12(19)13(20)14(21)15(23-10)22-8-6-4-2-1-3-5-7-11(17)18/h10,12-16,19-21H,1-9H2,(H,17,18)/t10-,12+,13+,14-,15?/m1/s1. The number of hydrogen-bond donors (Lipinski definition) is 5. The van der Waals surface area contributed by atoms with E-state index < -0.39 is 43.3 Å². The van der Waals surface area contributed by atoms with E-state index in [9.17, 15) is 20.1 Å². The highest BCUT2D eigenvalue weighted by Crippen LogP contribution is 2.22. The van der Waals surface area contributed by atoms with Crippen LogP contribution >= 0.6 is 0 Å². The Labute approximate surface area is 135 Å². The fourth-order valence-electron chi connectivity index (χ4n) is 2.49. The summed E-state index contributed by atoms with van der Waals surface area (Å²) in [6.07, 6.45) is -0.793. The van der Waals surface area contributed by atoms with Crippen LogP contribution in [0.4, 0.5) is 0 Å². The number of aliphatic carboxylic acids is 1. The molecule has 8 heteroatoms. The fourth-order valence-corrected chi connectivity index (χ4v) is 2.49. The van der Waals surface area contributed by atoms with E-state index in [2.05, 4.69) is 0 Å². The normalized spacial score (nSPS) is 31.2. The molecule has 0 radical (unpaired) electrons. The summed E-state index contributed by atoms with van der Waals surface area (Å²) in [7, 11) is 0. The molecule has 0 aromatic heterocycles. The van der Waals surface area contributed by atoms with Crippen LogP contribution in [-0.4, -0.2) is 75.4 Å². The van der Waals surface area contributed by atoms with E-state index in [1.807, 2.05) is 0 Å². The van der Waals surface area contributed by atoms with E-state index in [4.69, 9.17) is 19.7 Å². The summed E-state index contributed by atoms with van der Waals surface area (Å²) in [5.41, 5.74) is 0. The molecule has 5 N–H and O–H groups in total. The van der Waals surface area contributed by atoms with Crippen molar-refractivity contribution in [3.05, 3.63) is 0 Å². The molecule has 0 aliphatic carbocycles. The van der Waals surface area contributed by atoms with Gasteiger partial charge in [0.1, 0.15) is 24.4 Å². The van der Waals surface area contributed by atoms with Crippen LogP contribution in [0.5, 0.6) is 0 Å². The van der Waals surface area contributed by atoms with E-state index in [1.54, 1.807) is 0 Å². The first-order valence-electron chi connectivity index (χ1n) is 8.11. The maximum absolute atomic E-state index is 10.3. The van der Waals surface area contributed by atoms with Gasteiger partial charge in [0.2, 0.25) is 0 Å². The van der Waals surface area contributed by atoms with Gasteiger partial charge in [-0.25, -0.2) is 0 Å². The van der Waals surface area contributed by atoms with Crippen LogP contribution in [-0.2, 0) is 14.3 Å². The lowest BCUT2D eigenvalue weighted by Gasteiger charge is -2.39. The van der Waals surface area contributed by atoms with Crippen molar-refractivity contribution in [2.24, 2.45) is 0 Å². The van der Waals surface area contributed by atoms with Gasteiger partial charge in [-0.05, 0) is 12.8 Å². The highest BCUT2D eigenvalue weighted by molar-refractivity contribution is 5.66. The van der Waals surface area contributed by atoms with Crippen molar-refractivity contribution in [3.8, 4) is 0 Å². The second-order valence-electron chi connectivity index (χ2n) is 5.83. The lowest BCUT2D eigenvalue weighted by atomic mass is 9.99. The summed E-state index contributed by atoms with van der Waals surface area (Å²) < 4.78 is 10.6. The summed E-state index contributed by atoms with van der Waals surface area (Å²) in [5.74, 6) is -0.766. The third-order valence-corrected chi connectivity index (χ3v) is 3.92. The number of carboxylic acids is 1. The molecule has 1 fully saturated rings. The lowest BCUT2D eigenvalue weighted by molar-refractivity contribution is -0.301. The number of hydrogen-bond acceptors (Lipinski definition) is 7. The molecular formula is C15H28O8. The van der Waals surface area contributed by atoms with Crippen LogP contribution in [0.15, 0.2) is 0 Å². The highest BCUT2D eigenvalue weighted by atomic mass is 16.7. The van der Waals surface area contributed by atoms with Crippen molar-refractivity contribution in [1.82, 2.24) is 0 Å². The van der Waals surface area contributed by atoms with Gasteiger partial charge in [-0.3, -0.25) is 4.79 Å². The van der Waals surface area contributed by atoms with E-state index >= 15 is 0 Å². The monoisotopic (exact) mass is 336 g/mol. The van der Waals surface area contributed by atoms with Crippen LogP contribution < -0.4 is 0 Å². The van der Waals surface area contributed by atoms with Crippen molar-refractivity contribution in [2.45, 2.75) is 75.7 Å². The number of carbonyl (C=O) groups is 1. The number of carboxylic acid groups (broad SMARTS) is 1. The van der Waals surface area contributed by atoms with Crippen LogP contribution in [0.3, 0.4) is 0 Å². The number of rotatable bonds is 11. The van der Waals surface area contributed by atoms with Crippen LogP contribution in [0.25, 0.3) is 0 Å². The summed E-state index contributed by atoms with van der Waals surface area (Å²) in [6, 6.07) is 0. The molecule has 0 amide bonds. The molecule has 136 valence electrons. The largest absolute Gasteiger partial charge is 0.481 e. The zero-order valence-electron chi connectivity index (χ0n) is 13.2. The lowest BCUT2D eigenvalue weighted by Crippen LogP contribution is -2.59. The van der Waals surface area contributed by atoms with E-state index in [0.717, 1.165) is 32.1 Å². The SMILES string of the molecule is O=C(O)CCCCCCCCOC1O[C@H](CO)[C@H](O)[C@H](O)[C@H]1O. The molecular weight excluding hydrogens is 308 g/mol. The van der Waals surface area contributed by atoms with Crippen molar-refractivity contribution in [2.75, 3.05) is 13.2 Å². The molecule has 1 aliphatic rings. The van der Waals surface area contributed by atoms with Gasteiger partial charge in [-0.15, -0.1) is 0 Å². The average molecular weight is 336 g/mol. The average Bonchev–Trinajstić information content (AvgIpc) is 2.52. The van der Waals surface area contributed by atoms with Crippen molar-refractivity contribution in [3.63, 3.8) is 0 Å². The molecule has 0 aromatic carbocycles. The Morgan fingerprint density at radius 2 is 1.52 bits per heavy atom.